The normalized spacial score (nSPS) is 11.7. The number of nitrogens with one attached hydrogen (secondary N) is 1. The van der Waals surface area contributed by atoms with Crippen LogP contribution < -0.4 is 5.32 Å². The Morgan fingerprint density at radius 3 is 2.67 bits per heavy atom. The zero-order chi connectivity index (χ0) is 13.7. The predicted octanol–water partition coefficient (Wildman–Crippen LogP) is -0.639. The summed E-state index contributed by atoms with van der Waals surface area (Å²) in [5.74, 6) is -2.61. The van der Waals surface area contributed by atoms with E-state index in [1.807, 2.05) is 0 Å². The van der Waals surface area contributed by atoms with E-state index in [1.54, 1.807) is 0 Å². The number of hydrogen-bond donors (Lipinski definition) is 4. The van der Waals surface area contributed by atoms with Crippen LogP contribution in [0.15, 0.2) is 18.2 Å². The second-order valence-corrected chi connectivity index (χ2v) is 3.42. The molecule has 1 rings (SSSR count). The first-order valence-electron chi connectivity index (χ1n) is 5.02. The fraction of sp³-hybridized carbons (Fsp3) is 0.273. The van der Waals surface area contributed by atoms with Gasteiger partial charge in [0.1, 0.15) is 0 Å². The van der Waals surface area contributed by atoms with Gasteiger partial charge in [-0.25, -0.2) is 4.79 Å². The Hall–Kier alpha value is -2.28. The maximum absolute atomic E-state index is 11.6. The third-order valence-electron chi connectivity index (χ3n) is 2.19. The van der Waals surface area contributed by atoms with Gasteiger partial charge >= 0.3 is 5.97 Å². The largest absolute Gasteiger partial charge is 0.504 e. The Bertz CT molecular complexity index is 459. The van der Waals surface area contributed by atoms with Crippen LogP contribution in [0.25, 0.3) is 0 Å². The van der Waals surface area contributed by atoms with E-state index in [2.05, 4.69) is 10.1 Å². The fourth-order valence-electron chi connectivity index (χ4n) is 1.22. The maximum atomic E-state index is 11.6. The van der Waals surface area contributed by atoms with Crippen molar-refractivity contribution in [1.82, 2.24) is 5.32 Å². The number of benzene rings is 1. The van der Waals surface area contributed by atoms with Crippen LogP contribution in [0.5, 0.6) is 11.5 Å². The van der Waals surface area contributed by atoms with Crippen molar-refractivity contribution < 1.29 is 29.6 Å². The summed E-state index contributed by atoms with van der Waals surface area (Å²) in [6.45, 7) is -0.361. The van der Waals surface area contributed by atoms with Gasteiger partial charge in [-0.05, 0) is 12.1 Å². The van der Waals surface area contributed by atoms with Crippen molar-refractivity contribution >= 4 is 11.9 Å². The molecule has 0 aliphatic carbocycles. The second-order valence-electron chi connectivity index (χ2n) is 3.42. The van der Waals surface area contributed by atoms with Gasteiger partial charge in [0, 0.05) is 0 Å². The van der Waals surface area contributed by atoms with E-state index < -0.39 is 29.5 Å². The number of para-hydroxylation sites is 1. The number of phenolic OH excluding ortho intramolecular Hbond substituents is 2. The zero-order valence-electron chi connectivity index (χ0n) is 9.58. The molecule has 18 heavy (non-hydrogen) atoms. The van der Waals surface area contributed by atoms with Crippen molar-refractivity contribution in [3.63, 3.8) is 0 Å². The lowest BCUT2D eigenvalue weighted by Crippen LogP contribution is -2.37. The molecule has 1 amide bonds. The number of aliphatic hydroxyl groups is 1. The average Bonchev–Trinajstić information content (AvgIpc) is 2.37. The van der Waals surface area contributed by atoms with Crippen molar-refractivity contribution in [2.24, 2.45) is 0 Å². The van der Waals surface area contributed by atoms with Crippen LogP contribution in [0.3, 0.4) is 0 Å². The number of amides is 1. The molecular weight excluding hydrogens is 242 g/mol. The minimum Gasteiger partial charge on any atom is -0.504 e. The Balaban J connectivity index is 2.66. The lowest BCUT2D eigenvalue weighted by Gasteiger charge is -2.10. The number of carbonyl (C=O) groups excluding carboxylic acids is 2. The number of esters is 1. The molecular formula is C11H13NO6. The smallest absolute Gasteiger partial charge is 0.336 e. The van der Waals surface area contributed by atoms with Gasteiger partial charge < -0.3 is 25.4 Å². The van der Waals surface area contributed by atoms with Crippen molar-refractivity contribution in [3.05, 3.63) is 23.8 Å². The highest BCUT2D eigenvalue weighted by Gasteiger charge is 2.18. The molecule has 1 aromatic carbocycles. The van der Waals surface area contributed by atoms with E-state index in [0.717, 1.165) is 7.11 Å². The van der Waals surface area contributed by atoms with Gasteiger partial charge in [0.05, 0.1) is 19.2 Å². The van der Waals surface area contributed by atoms with E-state index >= 15 is 0 Å². The molecule has 4 N–H and O–H groups in total. The van der Waals surface area contributed by atoms with Gasteiger partial charge in [0.2, 0.25) is 0 Å². The number of ether oxygens (including phenoxy) is 1. The van der Waals surface area contributed by atoms with Gasteiger partial charge in [-0.3, -0.25) is 4.79 Å². The van der Waals surface area contributed by atoms with Gasteiger partial charge in [-0.15, -0.1) is 0 Å². The summed E-state index contributed by atoms with van der Waals surface area (Å²) >= 11 is 0. The maximum Gasteiger partial charge on any atom is 0.336 e. The molecule has 0 aromatic heterocycles. The number of rotatable bonds is 4. The molecule has 0 aliphatic heterocycles. The molecule has 0 saturated carbocycles. The molecule has 0 saturated heterocycles. The molecule has 0 radical (unpaired) electrons. The minimum absolute atomic E-state index is 0.160. The molecule has 7 nitrogen and oxygen atoms in total. The van der Waals surface area contributed by atoms with E-state index in [4.69, 9.17) is 0 Å². The number of aromatic hydroxyl groups is 2. The summed E-state index contributed by atoms with van der Waals surface area (Å²) in [5, 5.41) is 30.1. The standard InChI is InChI=1S/C11H13NO6/c1-18-11(17)8(14)5-12-10(16)6-3-2-4-7(13)9(6)15/h2-4,8,13-15H,5H2,1H3,(H,12,16). The van der Waals surface area contributed by atoms with Crippen molar-refractivity contribution in [3.8, 4) is 11.5 Å². The molecule has 0 aliphatic rings. The Labute approximate surface area is 103 Å². The monoisotopic (exact) mass is 255 g/mol. The topological polar surface area (TPSA) is 116 Å². The molecule has 0 fully saturated rings. The van der Waals surface area contributed by atoms with Crippen LogP contribution in [-0.2, 0) is 9.53 Å². The minimum atomic E-state index is -1.49. The first kappa shape index (κ1) is 13.8. The van der Waals surface area contributed by atoms with Crippen molar-refractivity contribution in [2.75, 3.05) is 13.7 Å². The van der Waals surface area contributed by atoms with Gasteiger partial charge in [0.15, 0.2) is 17.6 Å². The quantitative estimate of drug-likeness (QED) is 0.420. The van der Waals surface area contributed by atoms with E-state index in [-0.39, 0.29) is 12.1 Å². The van der Waals surface area contributed by atoms with Crippen LogP contribution in [0.2, 0.25) is 0 Å². The molecule has 0 bridgehead atoms. The van der Waals surface area contributed by atoms with Gasteiger partial charge in [-0.1, -0.05) is 6.07 Å². The average molecular weight is 255 g/mol. The molecule has 98 valence electrons. The Kier molecular flexibility index (Phi) is 4.50. The summed E-state index contributed by atoms with van der Waals surface area (Å²) in [6, 6.07) is 3.88. The molecule has 7 heteroatoms. The van der Waals surface area contributed by atoms with Crippen molar-refractivity contribution in [2.45, 2.75) is 6.10 Å². The molecule has 1 atom stereocenters. The highest BCUT2D eigenvalue weighted by atomic mass is 16.5. The highest BCUT2D eigenvalue weighted by molar-refractivity contribution is 5.97. The molecule has 1 aromatic rings. The van der Waals surface area contributed by atoms with Gasteiger partial charge in [0.25, 0.3) is 5.91 Å². The highest BCUT2D eigenvalue weighted by Crippen LogP contribution is 2.27. The summed E-state index contributed by atoms with van der Waals surface area (Å²) < 4.78 is 4.26. The van der Waals surface area contributed by atoms with Crippen LogP contribution in [-0.4, -0.2) is 47.0 Å². The Morgan fingerprint density at radius 1 is 1.39 bits per heavy atom. The summed E-state index contributed by atoms with van der Waals surface area (Å²) in [4.78, 5) is 22.5. The van der Waals surface area contributed by atoms with Crippen LogP contribution in [0.4, 0.5) is 0 Å². The number of carbonyl (C=O) groups is 2. The molecule has 0 spiro atoms. The fourth-order valence-corrected chi connectivity index (χ4v) is 1.22. The summed E-state index contributed by atoms with van der Waals surface area (Å²) in [7, 11) is 1.11. The van der Waals surface area contributed by atoms with Crippen LogP contribution in [0.1, 0.15) is 10.4 Å². The SMILES string of the molecule is COC(=O)C(O)CNC(=O)c1cccc(O)c1O. The second kappa shape index (κ2) is 5.87. The predicted molar refractivity (Wildman–Crippen MR) is 60.1 cm³/mol. The first-order valence-corrected chi connectivity index (χ1v) is 5.02. The van der Waals surface area contributed by atoms with E-state index in [1.165, 1.54) is 18.2 Å². The zero-order valence-corrected chi connectivity index (χ0v) is 9.58. The van der Waals surface area contributed by atoms with Crippen molar-refractivity contribution in [1.29, 1.82) is 0 Å². The Morgan fingerprint density at radius 2 is 2.06 bits per heavy atom. The third-order valence-corrected chi connectivity index (χ3v) is 2.19. The van der Waals surface area contributed by atoms with E-state index in [9.17, 15) is 24.9 Å². The van der Waals surface area contributed by atoms with Crippen LogP contribution >= 0.6 is 0 Å². The lowest BCUT2D eigenvalue weighted by atomic mass is 10.1. The van der Waals surface area contributed by atoms with E-state index in [0.29, 0.717) is 0 Å². The summed E-state index contributed by atoms with van der Waals surface area (Å²) in [5.41, 5.74) is -0.160. The number of aliphatic hydroxyl groups excluding tert-OH is 1. The summed E-state index contributed by atoms with van der Waals surface area (Å²) in [6.07, 6.45) is -1.49. The first-order chi connectivity index (χ1) is 8.47. The molecule has 1 unspecified atom stereocenters. The van der Waals surface area contributed by atoms with Gasteiger partial charge in [-0.2, -0.15) is 0 Å². The molecule has 0 heterocycles. The third kappa shape index (κ3) is 3.11. The number of hydrogen-bond acceptors (Lipinski definition) is 6. The lowest BCUT2D eigenvalue weighted by molar-refractivity contribution is -0.149. The number of phenols is 2. The number of methoxy groups -OCH3 is 1. The van der Waals surface area contributed by atoms with Crippen LogP contribution in [0, 0.1) is 0 Å².